The third-order valence-corrected chi connectivity index (χ3v) is 4.43. The molecule has 0 saturated heterocycles. The number of hydrogen-bond acceptors (Lipinski definition) is 3. The zero-order valence-corrected chi connectivity index (χ0v) is 11.6. The molecule has 0 aromatic carbocycles. The first-order valence-electron chi connectivity index (χ1n) is 6.08. The summed E-state index contributed by atoms with van der Waals surface area (Å²) in [5, 5.41) is 3.22. The maximum atomic E-state index is 13.0. The maximum Gasteiger partial charge on any atom is 0.214 e. The van der Waals surface area contributed by atoms with Crippen LogP contribution in [-0.4, -0.2) is 4.98 Å². The summed E-state index contributed by atoms with van der Waals surface area (Å²) in [4.78, 5) is 6.48. The first-order valence-corrected chi connectivity index (χ1v) is 6.90. The summed E-state index contributed by atoms with van der Waals surface area (Å²) in [5.41, 5.74) is 1.33. The van der Waals surface area contributed by atoms with Crippen LogP contribution in [0.5, 0.6) is 0 Å². The molecule has 2 aromatic rings. The molecule has 0 aliphatic carbocycles. The Balaban J connectivity index is 2.13. The van der Waals surface area contributed by atoms with E-state index in [0.29, 0.717) is 5.82 Å². The lowest BCUT2D eigenvalue weighted by Crippen LogP contribution is -2.06. The Labute approximate surface area is 111 Å². The van der Waals surface area contributed by atoms with Crippen molar-refractivity contribution >= 4 is 17.2 Å². The van der Waals surface area contributed by atoms with Gasteiger partial charge in [-0.25, -0.2) is 4.98 Å². The van der Waals surface area contributed by atoms with Crippen LogP contribution in [0.1, 0.15) is 35.2 Å². The summed E-state index contributed by atoms with van der Waals surface area (Å²) in [6.45, 7) is 6.36. The van der Waals surface area contributed by atoms with Crippen LogP contribution >= 0.6 is 11.3 Å². The topological polar surface area (TPSA) is 24.9 Å². The zero-order valence-electron chi connectivity index (χ0n) is 10.8. The van der Waals surface area contributed by atoms with Crippen molar-refractivity contribution in [2.24, 2.45) is 0 Å². The molecule has 18 heavy (non-hydrogen) atoms. The molecule has 0 aliphatic rings. The molecule has 0 fully saturated rings. The fourth-order valence-corrected chi connectivity index (χ4v) is 3.01. The van der Waals surface area contributed by atoms with Crippen molar-refractivity contribution in [1.29, 1.82) is 0 Å². The summed E-state index contributed by atoms with van der Waals surface area (Å²) in [6, 6.07) is 7.12. The number of pyridine rings is 1. The van der Waals surface area contributed by atoms with Crippen molar-refractivity contribution in [3.05, 3.63) is 45.5 Å². The van der Waals surface area contributed by atoms with E-state index in [1.54, 1.807) is 12.1 Å². The van der Waals surface area contributed by atoms with E-state index in [1.807, 2.05) is 11.3 Å². The number of anilines is 1. The fraction of sp³-hybridized carbons (Fsp3) is 0.357. The Morgan fingerprint density at radius 2 is 2.22 bits per heavy atom. The molecule has 1 atom stereocenters. The molecule has 0 radical (unpaired) electrons. The number of rotatable bonds is 4. The van der Waals surface area contributed by atoms with E-state index in [1.165, 1.54) is 21.4 Å². The molecule has 2 heterocycles. The highest BCUT2D eigenvalue weighted by Crippen LogP contribution is 2.29. The summed E-state index contributed by atoms with van der Waals surface area (Å²) in [6.07, 6.45) is 1.06. The van der Waals surface area contributed by atoms with Crippen molar-refractivity contribution in [2.75, 3.05) is 5.32 Å². The summed E-state index contributed by atoms with van der Waals surface area (Å²) < 4.78 is 13.0. The van der Waals surface area contributed by atoms with Crippen LogP contribution in [0.25, 0.3) is 0 Å². The van der Waals surface area contributed by atoms with Crippen molar-refractivity contribution in [1.82, 2.24) is 4.98 Å². The van der Waals surface area contributed by atoms with Gasteiger partial charge in [0.15, 0.2) is 0 Å². The highest BCUT2D eigenvalue weighted by atomic mass is 32.1. The lowest BCUT2D eigenvalue weighted by molar-refractivity contribution is 0.584. The van der Waals surface area contributed by atoms with Gasteiger partial charge in [-0.15, -0.1) is 11.3 Å². The maximum absolute atomic E-state index is 13.0. The molecule has 0 bridgehead atoms. The number of hydrogen-bond donors (Lipinski definition) is 1. The van der Waals surface area contributed by atoms with Gasteiger partial charge in [-0.05, 0) is 44.0 Å². The first-order chi connectivity index (χ1) is 8.60. The van der Waals surface area contributed by atoms with E-state index < -0.39 is 5.95 Å². The number of aromatic nitrogens is 1. The summed E-state index contributed by atoms with van der Waals surface area (Å²) in [7, 11) is 0. The van der Waals surface area contributed by atoms with Crippen molar-refractivity contribution in [3.8, 4) is 0 Å². The normalized spacial score (nSPS) is 12.4. The molecule has 1 N–H and O–H groups in total. The van der Waals surface area contributed by atoms with Gasteiger partial charge in [0.1, 0.15) is 5.82 Å². The van der Waals surface area contributed by atoms with Crippen LogP contribution < -0.4 is 5.32 Å². The predicted molar refractivity (Wildman–Crippen MR) is 74.7 cm³/mol. The van der Waals surface area contributed by atoms with Gasteiger partial charge in [0.05, 0.1) is 6.04 Å². The third-order valence-electron chi connectivity index (χ3n) is 2.87. The van der Waals surface area contributed by atoms with Crippen LogP contribution in [0.2, 0.25) is 0 Å². The molecule has 2 rings (SSSR count). The van der Waals surface area contributed by atoms with Crippen LogP contribution in [0.4, 0.5) is 10.2 Å². The average molecular weight is 264 g/mol. The minimum absolute atomic E-state index is 0.142. The van der Waals surface area contributed by atoms with Crippen molar-refractivity contribution in [3.63, 3.8) is 0 Å². The molecule has 96 valence electrons. The first kappa shape index (κ1) is 13.0. The highest BCUT2D eigenvalue weighted by Gasteiger charge is 2.11. The molecule has 0 spiro atoms. The van der Waals surface area contributed by atoms with Crippen LogP contribution in [0.3, 0.4) is 0 Å². The van der Waals surface area contributed by atoms with Gasteiger partial charge in [-0.3, -0.25) is 0 Å². The second kappa shape index (κ2) is 5.48. The minimum atomic E-state index is -0.455. The minimum Gasteiger partial charge on any atom is -0.363 e. The number of thiophene rings is 1. The van der Waals surface area contributed by atoms with E-state index >= 15 is 0 Å². The Kier molecular flexibility index (Phi) is 3.97. The van der Waals surface area contributed by atoms with Gasteiger partial charge in [0.25, 0.3) is 0 Å². The van der Waals surface area contributed by atoms with Crippen LogP contribution in [0, 0.1) is 12.9 Å². The van der Waals surface area contributed by atoms with Gasteiger partial charge in [-0.2, -0.15) is 4.39 Å². The molecule has 0 amide bonds. The van der Waals surface area contributed by atoms with Crippen LogP contribution in [-0.2, 0) is 6.42 Å². The molecule has 2 aromatic heterocycles. The zero-order chi connectivity index (χ0) is 13.1. The monoisotopic (exact) mass is 264 g/mol. The molecule has 0 aliphatic heterocycles. The molecule has 4 heteroatoms. The van der Waals surface area contributed by atoms with Gasteiger partial charge in [0.2, 0.25) is 5.95 Å². The lowest BCUT2D eigenvalue weighted by Gasteiger charge is -2.12. The molecule has 1 unspecified atom stereocenters. The van der Waals surface area contributed by atoms with E-state index in [-0.39, 0.29) is 6.04 Å². The van der Waals surface area contributed by atoms with Crippen molar-refractivity contribution < 1.29 is 4.39 Å². The largest absolute Gasteiger partial charge is 0.363 e. The van der Waals surface area contributed by atoms with Crippen LogP contribution in [0.15, 0.2) is 24.3 Å². The number of aryl methyl sites for hydroxylation is 2. The standard InChI is InChI=1S/C14H17FN2S/c1-4-11-9(2)8-12(18-11)10(3)16-14-7-5-6-13(15)17-14/h5-8,10H,4H2,1-3H3,(H,16,17). The van der Waals surface area contributed by atoms with E-state index in [2.05, 4.69) is 37.1 Å². The van der Waals surface area contributed by atoms with E-state index in [4.69, 9.17) is 0 Å². The average Bonchev–Trinajstić information content (AvgIpc) is 2.70. The molecule has 0 saturated carbocycles. The number of nitrogens with zero attached hydrogens (tertiary/aromatic N) is 1. The Bertz CT molecular complexity index is 536. The molecular formula is C14H17FN2S. The van der Waals surface area contributed by atoms with E-state index in [0.717, 1.165) is 6.42 Å². The van der Waals surface area contributed by atoms with Gasteiger partial charge in [-0.1, -0.05) is 13.0 Å². The Hall–Kier alpha value is -1.42. The summed E-state index contributed by atoms with van der Waals surface area (Å²) >= 11 is 1.81. The number of nitrogens with one attached hydrogen (secondary N) is 1. The van der Waals surface area contributed by atoms with Crippen molar-refractivity contribution in [2.45, 2.75) is 33.2 Å². The molecular weight excluding hydrogens is 247 g/mol. The van der Waals surface area contributed by atoms with E-state index in [9.17, 15) is 4.39 Å². The lowest BCUT2D eigenvalue weighted by atomic mass is 10.2. The number of halogens is 1. The Morgan fingerprint density at radius 3 is 2.83 bits per heavy atom. The van der Waals surface area contributed by atoms with Gasteiger partial charge in [0, 0.05) is 9.75 Å². The SMILES string of the molecule is CCc1sc(C(C)Nc2cccc(F)n2)cc1C. The second-order valence-corrected chi connectivity index (χ2v) is 5.49. The third kappa shape index (κ3) is 2.88. The fourth-order valence-electron chi connectivity index (χ4n) is 1.89. The smallest absolute Gasteiger partial charge is 0.214 e. The second-order valence-electron chi connectivity index (χ2n) is 4.32. The Morgan fingerprint density at radius 1 is 1.44 bits per heavy atom. The molecule has 2 nitrogen and oxygen atoms in total. The van der Waals surface area contributed by atoms with Gasteiger partial charge >= 0.3 is 0 Å². The highest BCUT2D eigenvalue weighted by molar-refractivity contribution is 7.12. The predicted octanol–water partition coefficient (Wildman–Crippen LogP) is 4.33. The quantitative estimate of drug-likeness (QED) is 0.832. The van der Waals surface area contributed by atoms with Gasteiger partial charge < -0.3 is 5.32 Å². The summed E-state index contributed by atoms with van der Waals surface area (Å²) in [5.74, 6) is 0.121.